The van der Waals surface area contributed by atoms with Crippen molar-refractivity contribution in [1.29, 1.82) is 0 Å². The fourth-order valence-electron chi connectivity index (χ4n) is 1.01. The molecule has 2 amide bonds. The maximum Gasteiger partial charge on any atom is 0.422 e. The van der Waals surface area contributed by atoms with E-state index in [2.05, 4.69) is 4.98 Å². The van der Waals surface area contributed by atoms with Crippen molar-refractivity contribution in [3.63, 3.8) is 0 Å². The average Bonchev–Trinajstić information content (AvgIpc) is 2.61. The molecule has 0 aromatic carbocycles. The highest BCUT2D eigenvalue weighted by molar-refractivity contribution is 7.13. The van der Waals surface area contributed by atoms with Crippen LogP contribution in [0.2, 0.25) is 0 Å². The number of nitrogens with zero attached hydrogens (tertiary/aromatic N) is 1. The number of aromatic nitrogens is 1. The molecule has 1 atom stereocenters. The third kappa shape index (κ3) is 3.34. The molecular formula is C9H10F3N3O3S. The first kappa shape index (κ1) is 15.2. The van der Waals surface area contributed by atoms with E-state index in [0.717, 1.165) is 11.3 Å². The van der Waals surface area contributed by atoms with Crippen LogP contribution in [0.4, 0.5) is 23.1 Å². The molecule has 1 unspecified atom stereocenters. The number of carboxylic acid groups (broad SMARTS) is 1. The molecule has 0 fully saturated rings. The Labute approximate surface area is 109 Å². The highest BCUT2D eigenvalue weighted by atomic mass is 32.1. The van der Waals surface area contributed by atoms with Crippen LogP contribution in [0.3, 0.4) is 0 Å². The van der Waals surface area contributed by atoms with Gasteiger partial charge in [-0.25, -0.2) is 14.6 Å². The van der Waals surface area contributed by atoms with Crippen molar-refractivity contribution < 1.29 is 27.9 Å². The zero-order valence-corrected chi connectivity index (χ0v) is 10.6. The van der Waals surface area contributed by atoms with Crippen molar-refractivity contribution in [1.82, 2.24) is 10.3 Å². The van der Waals surface area contributed by atoms with Crippen LogP contribution in [-0.2, 0) is 4.79 Å². The molecule has 0 saturated heterocycles. The zero-order valence-electron chi connectivity index (χ0n) is 9.83. The Morgan fingerprint density at radius 1 is 1.42 bits per heavy atom. The fraction of sp³-hybridized carbons (Fsp3) is 0.444. The first-order valence-electron chi connectivity index (χ1n) is 4.87. The Hall–Kier alpha value is -1.84. The van der Waals surface area contributed by atoms with E-state index < -0.39 is 23.7 Å². The van der Waals surface area contributed by atoms with Gasteiger partial charge in [0.25, 0.3) is 0 Å². The number of hydrogen-bond acceptors (Lipinski definition) is 4. The third-order valence-corrected chi connectivity index (χ3v) is 3.07. The van der Waals surface area contributed by atoms with E-state index in [0.29, 0.717) is 12.6 Å². The molecule has 0 aliphatic heterocycles. The Morgan fingerprint density at radius 3 is 2.37 bits per heavy atom. The normalized spacial score (nSPS) is 14.6. The molecule has 0 radical (unpaired) electrons. The maximum absolute atomic E-state index is 12.6. The molecule has 0 aliphatic carbocycles. The molecule has 1 aromatic heterocycles. The highest BCUT2D eigenvalue weighted by Gasteiger charge is 2.58. The van der Waals surface area contributed by atoms with Gasteiger partial charge in [-0.15, -0.1) is 11.3 Å². The lowest BCUT2D eigenvalue weighted by Crippen LogP contribution is -2.62. The van der Waals surface area contributed by atoms with Crippen molar-refractivity contribution in [2.24, 2.45) is 0 Å². The molecule has 19 heavy (non-hydrogen) atoms. The van der Waals surface area contributed by atoms with E-state index in [4.69, 9.17) is 5.11 Å². The van der Waals surface area contributed by atoms with Gasteiger partial charge in [-0.3, -0.25) is 5.32 Å². The van der Waals surface area contributed by atoms with Gasteiger partial charge in [0.05, 0.1) is 5.69 Å². The van der Waals surface area contributed by atoms with Gasteiger partial charge >= 0.3 is 18.2 Å². The second-order valence-corrected chi connectivity index (χ2v) is 4.66. The molecular weight excluding hydrogens is 287 g/mol. The SMILES string of the molecule is Cc1csc(NC(=O)NC(C)(C(=O)O)C(F)(F)F)n1. The van der Waals surface area contributed by atoms with Gasteiger partial charge < -0.3 is 10.4 Å². The summed E-state index contributed by atoms with van der Waals surface area (Å²) >= 11 is 1.01. The van der Waals surface area contributed by atoms with E-state index in [1.54, 1.807) is 12.3 Å². The smallest absolute Gasteiger partial charge is 0.422 e. The lowest BCUT2D eigenvalue weighted by molar-refractivity contribution is -0.203. The number of anilines is 1. The van der Waals surface area contributed by atoms with Crippen molar-refractivity contribution >= 4 is 28.5 Å². The number of halogens is 3. The fourth-order valence-corrected chi connectivity index (χ4v) is 1.70. The third-order valence-electron chi connectivity index (χ3n) is 2.20. The summed E-state index contributed by atoms with van der Waals surface area (Å²) in [7, 11) is 0. The minimum atomic E-state index is -5.13. The van der Waals surface area contributed by atoms with Gasteiger partial charge in [0, 0.05) is 5.38 Å². The summed E-state index contributed by atoms with van der Waals surface area (Å²) in [6.07, 6.45) is -5.13. The van der Waals surface area contributed by atoms with Crippen LogP contribution >= 0.6 is 11.3 Å². The minimum absolute atomic E-state index is 0.0740. The molecule has 3 N–H and O–H groups in total. The number of carbonyl (C=O) groups excluding carboxylic acids is 1. The van der Waals surface area contributed by atoms with Crippen molar-refractivity contribution in [2.75, 3.05) is 5.32 Å². The molecule has 10 heteroatoms. The molecule has 0 saturated carbocycles. The number of thiazole rings is 1. The predicted octanol–water partition coefficient (Wildman–Crippen LogP) is 1.98. The first-order valence-corrected chi connectivity index (χ1v) is 5.75. The molecule has 0 aliphatic rings. The summed E-state index contributed by atoms with van der Waals surface area (Å²) in [5.41, 5.74) is -2.79. The molecule has 1 aromatic rings. The van der Waals surface area contributed by atoms with Crippen LogP contribution in [0.5, 0.6) is 0 Å². The monoisotopic (exact) mass is 297 g/mol. The summed E-state index contributed by atoms with van der Waals surface area (Å²) in [5, 5.41) is 13.7. The van der Waals surface area contributed by atoms with Crippen LogP contribution in [0.1, 0.15) is 12.6 Å². The van der Waals surface area contributed by atoms with Gasteiger partial charge in [-0.05, 0) is 13.8 Å². The number of aliphatic carboxylic acids is 1. The summed E-state index contributed by atoms with van der Waals surface area (Å²) in [5.74, 6) is -2.20. The van der Waals surface area contributed by atoms with Crippen LogP contribution < -0.4 is 10.6 Å². The van der Waals surface area contributed by atoms with Gasteiger partial charge in [0.2, 0.25) is 5.54 Å². The molecule has 1 rings (SSSR count). The van der Waals surface area contributed by atoms with Gasteiger partial charge in [0.15, 0.2) is 5.13 Å². The van der Waals surface area contributed by atoms with E-state index in [1.807, 2.05) is 5.32 Å². The van der Waals surface area contributed by atoms with Gasteiger partial charge in [-0.2, -0.15) is 13.2 Å². The molecule has 0 spiro atoms. The average molecular weight is 297 g/mol. The lowest BCUT2D eigenvalue weighted by atomic mass is 10.0. The Balaban J connectivity index is 2.81. The number of nitrogens with one attached hydrogen (secondary N) is 2. The number of hydrogen-bond donors (Lipinski definition) is 3. The topological polar surface area (TPSA) is 91.3 Å². The van der Waals surface area contributed by atoms with Crippen LogP contribution in [0.25, 0.3) is 0 Å². The summed E-state index contributed by atoms with van der Waals surface area (Å²) in [6.45, 7) is 2.00. The van der Waals surface area contributed by atoms with Crippen LogP contribution in [0.15, 0.2) is 5.38 Å². The molecule has 0 bridgehead atoms. The van der Waals surface area contributed by atoms with Crippen molar-refractivity contribution in [3.05, 3.63) is 11.1 Å². The number of carboxylic acids is 1. The minimum Gasteiger partial charge on any atom is -0.479 e. The number of rotatable bonds is 3. The van der Waals surface area contributed by atoms with Gasteiger partial charge in [0.1, 0.15) is 0 Å². The Morgan fingerprint density at radius 2 is 2.00 bits per heavy atom. The Kier molecular flexibility index (Phi) is 4.03. The summed E-state index contributed by atoms with van der Waals surface area (Å²) in [6, 6.07) is -1.29. The number of alkyl halides is 3. The maximum atomic E-state index is 12.6. The Bertz CT molecular complexity index is 502. The second-order valence-electron chi connectivity index (χ2n) is 3.80. The molecule has 106 valence electrons. The quantitative estimate of drug-likeness (QED) is 0.795. The summed E-state index contributed by atoms with van der Waals surface area (Å²) in [4.78, 5) is 25.9. The number of carbonyl (C=O) groups is 2. The van der Waals surface area contributed by atoms with Crippen molar-refractivity contribution in [3.8, 4) is 0 Å². The highest BCUT2D eigenvalue weighted by Crippen LogP contribution is 2.30. The van der Waals surface area contributed by atoms with Crippen molar-refractivity contribution in [2.45, 2.75) is 25.6 Å². The number of amides is 2. The molecule has 6 nitrogen and oxygen atoms in total. The van der Waals surface area contributed by atoms with E-state index in [9.17, 15) is 22.8 Å². The lowest BCUT2D eigenvalue weighted by Gasteiger charge is -2.28. The van der Waals surface area contributed by atoms with Crippen LogP contribution in [-0.4, -0.2) is 33.8 Å². The van der Waals surface area contributed by atoms with E-state index in [-0.39, 0.29) is 5.13 Å². The second kappa shape index (κ2) is 5.03. The first-order chi connectivity index (χ1) is 8.56. The standard InChI is InChI=1S/C9H10F3N3O3S/c1-4-3-19-7(13-4)14-6(18)15-8(2,5(16)17)9(10,11)12/h3H,1-2H3,(H,16,17)(H2,13,14,15,18). The zero-order chi connectivity index (χ0) is 14.8. The van der Waals surface area contributed by atoms with E-state index in [1.165, 1.54) is 5.32 Å². The summed E-state index contributed by atoms with van der Waals surface area (Å²) < 4.78 is 37.9. The molecule has 1 heterocycles. The number of aryl methyl sites for hydroxylation is 1. The van der Waals surface area contributed by atoms with E-state index >= 15 is 0 Å². The van der Waals surface area contributed by atoms with Crippen LogP contribution in [0, 0.1) is 6.92 Å². The number of urea groups is 1. The predicted molar refractivity (Wildman–Crippen MR) is 61.1 cm³/mol. The van der Waals surface area contributed by atoms with Gasteiger partial charge in [-0.1, -0.05) is 0 Å². The largest absolute Gasteiger partial charge is 0.479 e.